The van der Waals surface area contributed by atoms with Gasteiger partial charge in [-0.1, -0.05) is 12.2 Å². The van der Waals surface area contributed by atoms with Gasteiger partial charge in [-0.05, 0) is 31.5 Å². The van der Waals surface area contributed by atoms with Crippen LogP contribution in [0.3, 0.4) is 0 Å². The Labute approximate surface area is 106 Å². The molecule has 0 aromatic heterocycles. The van der Waals surface area contributed by atoms with Gasteiger partial charge in [-0.2, -0.15) is 0 Å². The molecule has 3 N–H and O–H groups in total. The largest absolute Gasteiger partial charge is 0.351 e. The Bertz CT molecular complexity index is 426. The fourth-order valence-electron chi connectivity index (χ4n) is 2.07. The number of alkyl halides is 1. The molecule has 0 aromatic rings. The lowest BCUT2D eigenvalue weighted by Crippen LogP contribution is -2.38. The van der Waals surface area contributed by atoms with Gasteiger partial charge in [0.15, 0.2) is 6.30 Å². The third-order valence-corrected chi connectivity index (χ3v) is 3.00. The Morgan fingerprint density at radius 3 is 3.00 bits per heavy atom. The monoisotopic (exact) mass is 251 g/mol. The quantitative estimate of drug-likeness (QED) is 0.649. The maximum atomic E-state index is 14.0. The summed E-state index contributed by atoms with van der Waals surface area (Å²) in [6.07, 6.45) is 4.84. The lowest BCUT2D eigenvalue weighted by Gasteiger charge is -2.24. The highest BCUT2D eigenvalue weighted by Crippen LogP contribution is 2.23. The Kier molecular flexibility index (Phi) is 4.15. The van der Waals surface area contributed by atoms with Crippen molar-refractivity contribution in [2.24, 2.45) is 0 Å². The molecule has 5 heteroatoms. The number of likely N-dealkylation sites (N-methyl/N-ethyl adjacent to an activating group) is 1. The summed E-state index contributed by atoms with van der Waals surface area (Å²) >= 11 is 0. The molecule has 1 amide bonds. The van der Waals surface area contributed by atoms with Crippen molar-refractivity contribution in [3.63, 3.8) is 0 Å². The normalized spacial score (nSPS) is 23.4. The predicted octanol–water partition coefficient (Wildman–Crippen LogP) is 0.751. The first-order valence-corrected chi connectivity index (χ1v) is 6.23. The third-order valence-electron chi connectivity index (χ3n) is 3.00. The molecule has 0 fully saturated rings. The van der Waals surface area contributed by atoms with Gasteiger partial charge >= 0.3 is 0 Å². The number of dihydropyridines is 1. The zero-order valence-electron chi connectivity index (χ0n) is 10.4. The summed E-state index contributed by atoms with van der Waals surface area (Å²) in [5.74, 6) is -0.269. The van der Waals surface area contributed by atoms with E-state index in [4.69, 9.17) is 0 Å². The lowest BCUT2D eigenvalue weighted by molar-refractivity contribution is -0.118. The minimum absolute atomic E-state index is 0.269. The van der Waals surface area contributed by atoms with E-state index in [-0.39, 0.29) is 11.6 Å². The van der Waals surface area contributed by atoms with Crippen molar-refractivity contribution in [2.75, 3.05) is 19.6 Å². The number of halogens is 1. The lowest BCUT2D eigenvalue weighted by atomic mass is 9.97. The van der Waals surface area contributed by atoms with Crippen LogP contribution in [0.25, 0.3) is 0 Å². The van der Waals surface area contributed by atoms with Crippen LogP contribution in [0.2, 0.25) is 0 Å². The fourth-order valence-corrected chi connectivity index (χ4v) is 2.07. The molecule has 2 heterocycles. The molecule has 18 heavy (non-hydrogen) atoms. The van der Waals surface area contributed by atoms with Gasteiger partial charge in [-0.3, -0.25) is 4.79 Å². The average molecular weight is 251 g/mol. The van der Waals surface area contributed by atoms with Gasteiger partial charge in [0.2, 0.25) is 0 Å². The number of carbonyl (C=O) groups excluding carboxylic acids is 1. The maximum Gasteiger partial charge on any atom is 0.267 e. The zero-order valence-corrected chi connectivity index (χ0v) is 10.4. The minimum Gasteiger partial charge on any atom is -0.351 e. The van der Waals surface area contributed by atoms with Gasteiger partial charge in [0.1, 0.15) is 5.70 Å². The van der Waals surface area contributed by atoms with Crippen molar-refractivity contribution >= 4 is 5.91 Å². The molecule has 2 aliphatic heterocycles. The van der Waals surface area contributed by atoms with Crippen molar-refractivity contribution in [3.05, 3.63) is 35.1 Å². The second-order valence-corrected chi connectivity index (χ2v) is 4.25. The van der Waals surface area contributed by atoms with E-state index in [1.54, 1.807) is 12.2 Å². The number of hydrogen-bond acceptors (Lipinski definition) is 3. The van der Waals surface area contributed by atoms with Crippen LogP contribution in [-0.2, 0) is 4.79 Å². The molecule has 1 unspecified atom stereocenters. The zero-order chi connectivity index (χ0) is 13.0. The second-order valence-electron chi connectivity index (χ2n) is 4.25. The Hall–Kier alpha value is -1.62. The first kappa shape index (κ1) is 12.8. The number of amides is 1. The first-order chi connectivity index (χ1) is 8.72. The highest BCUT2D eigenvalue weighted by atomic mass is 19.1. The molecular weight excluding hydrogens is 233 g/mol. The molecule has 0 aromatic carbocycles. The Morgan fingerprint density at radius 1 is 1.56 bits per heavy atom. The Balaban J connectivity index is 2.14. The summed E-state index contributed by atoms with van der Waals surface area (Å²) in [6, 6.07) is 0. The van der Waals surface area contributed by atoms with E-state index in [1.165, 1.54) is 0 Å². The second kappa shape index (κ2) is 5.82. The van der Waals surface area contributed by atoms with E-state index >= 15 is 0 Å². The molecule has 0 radical (unpaired) electrons. The summed E-state index contributed by atoms with van der Waals surface area (Å²) in [6.45, 7) is 3.99. The van der Waals surface area contributed by atoms with Crippen LogP contribution in [0.15, 0.2) is 35.1 Å². The van der Waals surface area contributed by atoms with E-state index in [9.17, 15) is 9.18 Å². The summed E-state index contributed by atoms with van der Waals surface area (Å²) in [5.41, 5.74) is 1.92. The number of carbonyl (C=O) groups is 1. The van der Waals surface area contributed by atoms with Crippen molar-refractivity contribution < 1.29 is 9.18 Å². The number of allylic oxidation sites excluding steroid dienone is 2. The standard InChI is InChI=1S/C13H18FN3O/c1-2-16-13(18)11-4-3-10(12(14)17-11)9-5-7-15-8-6-9/h3-5,12,15,17H,2,6-8H2,1H3,(H,16,18). The van der Waals surface area contributed by atoms with Gasteiger partial charge < -0.3 is 16.0 Å². The topological polar surface area (TPSA) is 53.2 Å². The first-order valence-electron chi connectivity index (χ1n) is 6.23. The van der Waals surface area contributed by atoms with Crippen molar-refractivity contribution in [3.8, 4) is 0 Å². The molecule has 2 rings (SSSR count). The molecular formula is C13H18FN3O. The molecule has 0 spiro atoms. The van der Waals surface area contributed by atoms with Crippen LogP contribution in [0.4, 0.5) is 4.39 Å². The van der Waals surface area contributed by atoms with Gasteiger partial charge in [0.25, 0.3) is 5.91 Å². The summed E-state index contributed by atoms with van der Waals surface area (Å²) in [7, 11) is 0. The number of hydrogen-bond donors (Lipinski definition) is 3. The third kappa shape index (κ3) is 2.79. The van der Waals surface area contributed by atoms with Crippen LogP contribution in [0, 0.1) is 0 Å². The number of rotatable bonds is 3. The van der Waals surface area contributed by atoms with E-state index < -0.39 is 6.30 Å². The van der Waals surface area contributed by atoms with Crippen LogP contribution < -0.4 is 16.0 Å². The van der Waals surface area contributed by atoms with Crippen LogP contribution in [0.1, 0.15) is 13.3 Å². The van der Waals surface area contributed by atoms with Gasteiger partial charge in [0.05, 0.1) is 0 Å². The molecule has 98 valence electrons. The van der Waals surface area contributed by atoms with Crippen molar-refractivity contribution in [1.82, 2.24) is 16.0 Å². The smallest absolute Gasteiger partial charge is 0.267 e. The molecule has 1 atom stereocenters. The van der Waals surface area contributed by atoms with E-state index in [0.717, 1.165) is 25.1 Å². The molecule has 0 saturated heterocycles. The van der Waals surface area contributed by atoms with Gasteiger partial charge in [-0.15, -0.1) is 0 Å². The van der Waals surface area contributed by atoms with Crippen molar-refractivity contribution in [1.29, 1.82) is 0 Å². The number of nitrogens with one attached hydrogen (secondary N) is 3. The van der Waals surface area contributed by atoms with Gasteiger partial charge in [0, 0.05) is 18.7 Å². The fraction of sp³-hybridized carbons (Fsp3) is 0.462. The highest BCUT2D eigenvalue weighted by molar-refractivity contribution is 5.93. The molecule has 2 aliphatic rings. The van der Waals surface area contributed by atoms with Gasteiger partial charge in [-0.25, -0.2) is 4.39 Å². The molecule has 4 nitrogen and oxygen atoms in total. The maximum absolute atomic E-state index is 14.0. The average Bonchev–Trinajstić information content (AvgIpc) is 2.40. The summed E-state index contributed by atoms with van der Waals surface area (Å²) in [4.78, 5) is 11.6. The predicted molar refractivity (Wildman–Crippen MR) is 68.5 cm³/mol. The molecule has 0 aliphatic carbocycles. The summed E-state index contributed by atoms with van der Waals surface area (Å²) < 4.78 is 14.0. The Morgan fingerprint density at radius 2 is 2.39 bits per heavy atom. The van der Waals surface area contributed by atoms with Crippen LogP contribution in [-0.4, -0.2) is 31.8 Å². The minimum atomic E-state index is -1.31. The van der Waals surface area contributed by atoms with Crippen LogP contribution >= 0.6 is 0 Å². The summed E-state index contributed by atoms with van der Waals surface area (Å²) in [5, 5.41) is 8.43. The van der Waals surface area contributed by atoms with Crippen molar-refractivity contribution in [2.45, 2.75) is 19.6 Å². The highest BCUT2D eigenvalue weighted by Gasteiger charge is 2.23. The molecule has 0 saturated carbocycles. The van der Waals surface area contributed by atoms with E-state index in [2.05, 4.69) is 16.0 Å². The van der Waals surface area contributed by atoms with Crippen LogP contribution in [0.5, 0.6) is 0 Å². The van der Waals surface area contributed by atoms with E-state index in [0.29, 0.717) is 12.1 Å². The molecule has 0 bridgehead atoms. The van der Waals surface area contributed by atoms with E-state index in [1.807, 2.05) is 13.0 Å². The SMILES string of the molecule is CCNC(=O)C1=CC=C(C2=CCNCC2)C(F)N1.